The lowest BCUT2D eigenvalue weighted by molar-refractivity contribution is 0.353. The summed E-state index contributed by atoms with van der Waals surface area (Å²) in [5, 5.41) is 3.48. The van der Waals surface area contributed by atoms with E-state index in [-0.39, 0.29) is 6.04 Å². The maximum Gasteiger partial charge on any atom is 0.161 e. The van der Waals surface area contributed by atoms with E-state index >= 15 is 0 Å². The molecule has 3 heteroatoms. The Kier molecular flexibility index (Phi) is 3.69. The average molecular weight is 233 g/mol. The summed E-state index contributed by atoms with van der Waals surface area (Å²) in [6, 6.07) is 4.44. The predicted octanol–water partition coefficient (Wildman–Crippen LogP) is 2.47. The van der Waals surface area contributed by atoms with Crippen LogP contribution in [0, 0.1) is 0 Å². The monoisotopic (exact) mass is 233 g/mol. The minimum atomic E-state index is 0.281. The molecule has 17 heavy (non-hydrogen) atoms. The summed E-state index contributed by atoms with van der Waals surface area (Å²) >= 11 is 0. The molecular formula is C14H19NO2. The molecule has 1 aliphatic heterocycles. The number of methoxy groups -OCH3 is 2. The van der Waals surface area contributed by atoms with Gasteiger partial charge in [-0.05, 0) is 36.6 Å². The van der Waals surface area contributed by atoms with E-state index in [1.165, 1.54) is 11.1 Å². The Morgan fingerprint density at radius 3 is 2.59 bits per heavy atom. The molecule has 1 aromatic carbocycles. The van der Waals surface area contributed by atoms with Gasteiger partial charge < -0.3 is 14.8 Å². The number of fused-ring (bicyclic) bond motifs is 1. The third-order valence-electron chi connectivity index (χ3n) is 3.12. The molecular weight excluding hydrogens is 214 g/mol. The first-order chi connectivity index (χ1) is 8.30. The number of benzene rings is 1. The molecule has 1 aromatic rings. The number of allylic oxidation sites excluding steroid dienone is 1. The molecule has 0 aromatic heterocycles. The van der Waals surface area contributed by atoms with Gasteiger partial charge in [0.15, 0.2) is 11.5 Å². The van der Waals surface area contributed by atoms with Crippen molar-refractivity contribution in [3.63, 3.8) is 0 Å². The molecule has 0 saturated carbocycles. The number of hydrogen-bond donors (Lipinski definition) is 1. The van der Waals surface area contributed by atoms with Crippen molar-refractivity contribution in [3.8, 4) is 11.5 Å². The summed E-state index contributed by atoms with van der Waals surface area (Å²) in [5.41, 5.74) is 2.62. The summed E-state index contributed by atoms with van der Waals surface area (Å²) < 4.78 is 10.7. The second-order valence-corrected chi connectivity index (χ2v) is 4.11. The van der Waals surface area contributed by atoms with E-state index in [1.807, 2.05) is 6.92 Å². The quantitative estimate of drug-likeness (QED) is 0.813. The van der Waals surface area contributed by atoms with Gasteiger partial charge in [-0.15, -0.1) is 0 Å². The van der Waals surface area contributed by atoms with Gasteiger partial charge in [-0.25, -0.2) is 0 Å². The van der Waals surface area contributed by atoms with Crippen LogP contribution in [0.3, 0.4) is 0 Å². The number of ether oxygens (including phenoxy) is 2. The predicted molar refractivity (Wildman–Crippen MR) is 68.8 cm³/mol. The normalized spacial score (nSPS) is 19.1. The SMILES string of the molecule is C/C=C\C1NCCc2cc(OC)c(OC)cc21. The molecule has 1 unspecified atom stereocenters. The van der Waals surface area contributed by atoms with E-state index in [4.69, 9.17) is 9.47 Å². The van der Waals surface area contributed by atoms with Crippen LogP contribution in [-0.2, 0) is 6.42 Å². The first-order valence-electron chi connectivity index (χ1n) is 5.91. The lowest BCUT2D eigenvalue weighted by atomic mass is 9.93. The number of nitrogens with one attached hydrogen (secondary N) is 1. The fourth-order valence-corrected chi connectivity index (χ4v) is 2.28. The van der Waals surface area contributed by atoms with Gasteiger partial charge in [0, 0.05) is 6.54 Å². The fraction of sp³-hybridized carbons (Fsp3) is 0.429. The van der Waals surface area contributed by atoms with Crippen LogP contribution in [0.25, 0.3) is 0 Å². The first kappa shape index (κ1) is 12.0. The Balaban J connectivity index is 2.46. The Hall–Kier alpha value is -1.48. The summed E-state index contributed by atoms with van der Waals surface area (Å²) in [4.78, 5) is 0. The third-order valence-corrected chi connectivity index (χ3v) is 3.12. The molecule has 1 N–H and O–H groups in total. The zero-order valence-corrected chi connectivity index (χ0v) is 10.6. The molecule has 0 aliphatic carbocycles. The van der Waals surface area contributed by atoms with E-state index < -0.39 is 0 Å². The van der Waals surface area contributed by atoms with Crippen LogP contribution in [0.2, 0.25) is 0 Å². The molecule has 1 heterocycles. The van der Waals surface area contributed by atoms with E-state index in [0.717, 1.165) is 24.5 Å². The second-order valence-electron chi connectivity index (χ2n) is 4.11. The Morgan fingerprint density at radius 2 is 1.94 bits per heavy atom. The van der Waals surface area contributed by atoms with Crippen LogP contribution in [0.15, 0.2) is 24.3 Å². The zero-order chi connectivity index (χ0) is 12.3. The highest BCUT2D eigenvalue weighted by atomic mass is 16.5. The Bertz CT molecular complexity index is 426. The van der Waals surface area contributed by atoms with E-state index in [0.29, 0.717) is 0 Å². The molecule has 0 bridgehead atoms. The average Bonchev–Trinajstić information content (AvgIpc) is 2.38. The molecule has 0 amide bonds. The number of rotatable bonds is 3. The van der Waals surface area contributed by atoms with Crippen LogP contribution >= 0.6 is 0 Å². The van der Waals surface area contributed by atoms with Crippen molar-refractivity contribution >= 4 is 0 Å². The standard InChI is InChI=1S/C14H19NO2/c1-4-5-12-11-9-14(17-3)13(16-2)8-10(11)6-7-15-12/h4-5,8-9,12,15H,6-7H2,1-3H3/b5-4-. The first-order valence-corrected chi connectivity index (χ1v) is 5.91. The van der Waals surface area contributed by atoms with Crippen molar-refractivity contribution in [1.82, 2.24) is 5.32 Å². The van der Waals surface area contributed by atoms with Crippen molar-refractivity contribution in [1.29, 1.82) is 0 Å². The minimum absolute atomic E-state index is 0.281. The lowest BCUT2D eigenvalue weighted by Gasteiger charge is -2.26. The summed E-state index contributed by atoms with van der Waals surface area (Å²) in [5.74, 6) is 1.61. The van der Waals surface area contributed by atoms with Crippen molar-refractivity contribution in [3.05, 3.63) is 35.4 Å². The number of hydrogen-bond acceptors (Lipinski definition) is 3. The summed E-state index contributed by atoms with van der Waals surface area (Å²) in [6.45, 7) is 3.04. The maximum absolute atomic E-state index is 5.35. The van der Waals surface area contributed by atoms with Gasteiger partial charge in [0.1, 0.15) is 0 Å². The topological polar surface area (TPSA) is 30.5 Å². The molecule has 0 saturated heterocycles. The van der Waals surface area contributed by atoms with Crippen LogP contribution in [0.1, 0.15) is 24.1 Å². The highest BCUT2D eigenvalue weighted by molar-refractivity contribution is 5.50. The molecule has 0 radical (unpaired) electrons. The van der Waals surface area contributed by atoms with Crippen molar-refractivity contribution < 1.29 is 9.47 Å². The highest BCUT2D eigenvalue weighted by Gasteiger charge is 2.20. The zero-order valence-electron chi connectivity index (χ0n) is 10.6. The summed E-state index contributed by atoms with van der Waals surface area (Å²) in [6.07, 6.45) is 5.27. The van der Waals surface area contributed by atoms with Crippen molar-refractivity contribution in [2.75, 3.05) is 20.8 Å². The molecule has 3 nitrogen and oxygen atoms in total. The van der Waals surface area contributed by atoms with Gasteiger partial charge in [-0.2, -0.15) is 0 Å². The van der Waals surface area contributed by atoms with Gasteiger partial charge in [0.25, 0.3) is 0 Å². The van der Waals surface area contributed by atoms with Crippen molar-refractivity contribution in [2.24, 2.45) is 0 Å². The second kappa shape index (κ2) is 5.23. The van der Waals surface area contributed by atoms with Gasteiger partial charge in [-0.1, -0.05) is 12.2 Å². The van der Waals surface area contributed by atoms with E-state index in [9.17, 15) is 0 Å². The van der Waals surface area contributed by atoms with Gasteiger partial charge in [0.2, 0.25) is 0 Å². The van der Waals surface area contributed by atoms with Gasteiger partial charge in [-0.3, -0.25) is 0 Å². The molecule has 92 valence electrons. The van der Waals surface area contributed by atoms with Gasteiger partial charge in [0.05, 0.1) is 20.3 Å². The van der Waals surface area contributed by atoms with E-state index in [1.54, 1.807) is 14.2 Å². The minimum Gasteiger partial charge on any atom is -0.493 e. The van der Waals surface area contributed by atoms with Crippen LogP contribution < -0.4 is 14.8 Å². The highest BCUT2D eigenvalue weighted by Crippen LogP contribution is 2.35. The smallest absolute Gasteiger partial charge is 0.161 e. The maximum atomic E-state index is 5.35. The van der Waals surface area contributed by atoms with Crippen molar-refractivity contribution in [2.45, 2.75) is 19.4 Å². The lowest BCUT2D eigenvalue weighted by Crippen LogP contribution is -2.28. The van der Waals surface area contributed by atoms with Crippen LogP contribution in [-0.4, -0.2) is 20.8 Å². The van der Waals surface area contributed by atoms with Crippen LogP contribution in [0.5, 0.6) is 11.5 Å². The third kappa shape index (κ3) is 2.29. The molecule has 1 atom stereocenters. The van der Waals surface area contributed by atoms with E-state index in [2.05, 4.69) is 29.6 Å². The molecule has 0 fully saturated rings. The summed E-state index contributed by atoms with van der Waals surface area (Å²) in [7, 11) is 3.35. The molecule has 1 aliphatic rings. The Morgan fingerprint density at radius 1 is 1.24 bits per heavy atom. The molecule has 0 spiro atoms. The van der Waals surface area contributed by atoms with Gasteiger partial charge >= 0.3 is 0 Å². The largest absolute Gasteiger partial charge is 0.493 e. The fourth-order valence-electron chi connectivity index (χ4n) is 2.28. The molecule has 2 rings (SSSR count). The Labute approximate surface area is 102 Å². The van der Waals surface area contributed by atoms with Crippen LogP contribution in [0.4, 0.5) is 0 Å².